The first-order valence-electron chi connectivity index (χ1n) is 10.0. The maximum absolute atomic E-state index is 5.83. The number of hydrogen-bond acceptors (Lipinski definition) is 3. The first kappa shape index (κ1) is 18.3. The SMILES string of the molecule is NCc1cnc2c(c1)ncn2C(c1ccccc1)(c1ccccc1)c1ccccc1. The molecule has 30 heavy (non-hydrogen) atoms. The molecule has 5 rings (SSSR count). The number of nitrogens with zero attached hydrogens (tertiary/aromatic N) is 3. The molecule has 2 heterocycles. The Morgan fingerprint density at radius 3 is 1.67 bits per heavy atom. The second-order valence-electron chi connectivity index (χ2n) is 7.31. The van der Waals surface area contributed by atoms with Crippen molar-refractivity contribution in [2.45, 2.75) is 12.1 Å². The Morgan fingerprint density at radius 2 is 1.20 bits per heavy atom. The molecule has 2 N–H and O–H groups in total. The summed E-state index contributed by atoms with van der Waals surface area (Å²) in [6.07, 6.45) is 3.73. The molecular formula is C26H22N4. The molecule has 0 radical (unpaired) electrons. The topological polar surface area (TPSA) is 56.7 Å². The van der Waals surface area contributed by atoms with Gasteiger partial charge < -0.3 is 5.73 Å². The monoisotopic (exact) mass is 390 g/mol. The zero-order chi connectivity index (χ0) is 20.4. The zero-order valence-electron chi connectivity index (χ0n) is 16.5. The van der Waals surface area contributed by atoms with Crippen LogP contribution in [0.2, 0.25) is 0 Å². The molecule has 0 bridgehead atoms. The largest absolute Gasteiger partial charge is 0.326 e. The van der Waals surface area contributed by atoms with E-state index in [0.717, 1.165) is 33.4 Å². The second kappa shape index (κ2) is 7.58. The van der Waals surface area contributed by atoms with E-state index >= 15 is 0 Å². The Balaban J connectivity index is 1.92. The molecular weight excluding hydrogens is 368 g/mol. The summed E-state index contributed by atoms with van der Waals surface area (Å²) >= 11 is 0. The molecule has 0 fully saturated rings. The normalized spacial score (nSPS) is 11.6. The van der Waals surface area contributed by atoms with E-state index in [1.807, 2.05) is 36.8 Å². The number of pyridine rings is 1. The van der Waals surface area contributed by atoms with Gasteiger partial charge in [-0.2, -0.15) is 0 Å². The van der Waals surface area contributed by atoms with Crippen molar-refractivity contribution in [1.29, 1.82) is 0 Å². The molecule has 4 nitrogen and oxygen atoms in total. The molecule has 146 valence electrons. The molecule has 0 aliphatic rings. The summed E-state index contributed by atoms with van der Waals surface area (Å²) in [6.45, 7) is 0.441. The van der Waals surface area contributed by atoms with Gasteiger partial charge in [-0.05, 0) is 28.3 Å². The van der Waals surface area contributed by atoms with E-state index in [-0.39, 0.29) is 0 Å². The highest BCUT2D eigenvalue weighted by Gasteiger charge is 2.39. The fourth-order valence-corrected chi connectivity index (χ4v) is 4.26. The molecule has 0 saturated carbocycles. The standard InChI is InChI=1S/C26H22N4/c27-17-20-16-24-25(28-18-20)30(19-29-24)26(21-10-4-1-5-11-21,22-12-6-2-7-13-22)23-14-8-3-9-15-23/h1-16,18-19H,17,27H2. The van der Waals surface area contributed by atoms with Crippen molar-refractivity contribution in [3.63, 3.8) is 0 Å². The summed E-state index contributed by atoms with van der Waals surface area (Å²) in [4.78, 5) is 9.49. The quantitative estimate of drug-likeness (QED) is 0.441. The highest BCUT2D eigenvalue weighted by molar-refractivity contribution is 5.73. The zero-order valence-corrected chi connectivity index (χ0v) is 16.5. The summed E-state index contributed by atoms with van der Waals surface area (Å²) < 4.78 is 2.18. The van der Waals surface area contributed by atoms with Gasteiger partial charge in [0.15, 0.2) is 5.65 Å². The number of imidazole rings is 1. The van der Waals surface area contributed by atoms with Gasteiger partial charge in [0.05, 0.1) is 6.33 Å². The third-order valence-electron chi connectivity index (χ3n) is 5.62. The lowest BCUT2D eigenvalue weighted by molar-refractivity contribution is 0.526. The number of nitrogens with two attached hydrogens (primary N) is 1. The Hall–Kier alpha value is -3.76. The minimum Gasteiger partial charge on any atom is -0.326 e. The van der Waals surface area contributed by atoms with Gasteiger partial charge in [-0.1, -0.05) is 91.0 Å². The summed E-state index contributed by atoms with van der Waals surface area (Å²) in [5, 5.41) is 0. The van der Waals surface area contributed by atoms with E-state index in [9.17, 15) is 0 Å². The van der Waals surface area contributed by atoms with Crippen LogP contribution in [-0.2, 0) is 12.1 Å². The lowest BCUT2D eigenvalue weighted by atomic mass is 9.76. The molecule has 0 saturated heterocycles. The smallest absolute Gasteiger partial charge is 0.161 e. The van der Waals surface area contributed by atoms with Crippen LogP contribution in [0.5, 0.6) is 0 Å². The van der Waals surface area contributed by atoms with E-state index in [2.05, 4.69) is 77.4 Å². The van der Waals surface area contributed by atoms with Crippen LogP contribution in [0.25, 0.3) is 11.2 Å². The summed E-state index contributed by atoms with van der Waals surface area (Å²) in [5.41, 5.74) is 11.3. The maximum Gasteiger partial charge on any atom is 0.161 e. The molecule has 0 spiro atoms. The van der Waals surface area contributed by atoms with Gasteiger partial charge >= 0.3 is 0 Å². The van der Waals surface area contributed by atoms with E-state index in [4.69, 9.17) is 15.7 Å². The van der Waals surface area contributed by atoms with Gasteiger partial charge in [-0.3, -0.25) is 4.57 Å². The predicted molar refractivity (Wildman–Crippen MR) is 120 cm³/mol. The molecule has 0 aliphatic heterocycles. The molecule has 2 aromatic heterocycles. The number of fused-ring (bicyclic) bond motifs is 1. The van der Waals surface area contributed by atoms with Gasteiger partial charge in [-0.25, -0.2) is 9.97 Å². The Morgan fingerprint density at radius 1 is 0.700 bits per heavy atom. The second-order valence-corrected chi connectivity index (χ2v) is 7.31. The Labute approximate surface area is 175 Å². The van der Waals surface area contributed by atoms with Crippen LogP contribution in [0.4, 0.5) is 0 Å². The van der Waals surface area contributed by atoms with Gasteiger partial charge in [0.1, 0.15) is 11.1 Å². The fraction of sp³-hybridized carbons (Fsp3) is 0.0769. The molecule has 0 atom stereocenters. The third kappa shape index (κ3) is 2.81. The predicted octanol–water partition coefficient (Wildman–Crippen LogP) is 4.73. The molecule has 0 aliphatic carbocycles. The lowest BCUT2D eigenvalue weighted by Gasteiger charge is -2.37. The van der Waals surface area contributed by atoms with Gasteiger partial charge in [0.25, 0.3) is 0 Å². The van der Waals surface area contributed by atoms with Crippen LogP contribution < -0.4 is 5.73 Å². The third-order valence-corrected chi connectivity index (χ3v) is 5.62. The van der Waals surface area contributed by atoms with Crippen LogP contribution in [0.15, 0.2) is 110 Å². The lowest BCUT2D eigenvalue weighted by Crippen LogP contribution is -2.37. The minimum absolute atomic E-state index is 0.441. The van der Waals surface area contributed by atoms with Crippen molar-refractivity contribution in [1.82, 2.24) is 14.5 Å². The van der Waals surface area contributed by atoms with Crippen molar-refractivity contribution in [3.05, 3.63) is 132 Å². The van der Waals surface area contributed by atoms with Gasteiger partial charge in [0.2, 0.25) is 0 Å². The van der Waals surface area contributed by atoms with Crippen molar-refractivity contribution in [2.75, 3.05) is 0 Å². The summed E-state index contributed by atoms with van der Waals surface area (Å²) in [5.74, 6) is 0. The number of hydrogen-bond donors (Lipinski definition) is 1. The molecule has 3 aromatic carbocycles. The van der Waals surface area contributed by atoms with Crippen LogP contribution >= 0.6 is 0 Å². The maximum atomic E-state index is 5.83. The van der Waals surface area contributed by atoms with E-state index < -0.39 is 5.54 Å². The van der Waals surface area contributed by atoms with Crippen molar-refractivity contribution >= 4 is 11.2 Å². The molecule has 5 aromatic rings. The van der Waals surface area contributed by atoms with Gasteiger partial charge in [-0.15, -0.1) is 0 Å². The molecule has 0 amide bonds. The molecule has 4 heteroatoms. The Bertz CT molecular complexity index is 1170. The van der Waals surface area contributed by atoms with E-state index in [1.165, 1.54) is 0 Å². The van der Waals surface area contributed by atoms with Crippen molar-refractivity contribution in [2.24, 2.45) is 5.73 Å². The van der Waals surface area contributed by atoms with Crippen LogP contribution in [0.3, 0.4) is 0 Å². The first-order valence-corrected chi connectivity index (χ1v) is 10.0. The Kier molecular flexibility index (Phi) is 4.62. The van der Waals surface area contributed by atoms with Crippen LogP contribution in [0.1, 0.15) is 22.3 Å². The van der Waals surface area contributed by atoms with E-state index in [1.54, 1.807) is 0 Å². The minimum atomic E-state index is -0.615. The number of aromatic nitrogens is 3. The van der Waals surface area contributed by atoms with Crippen LogP contribution in [0, 0.1) is 0 Å². The molecule has 0 unspecified atom stereocenters. The van der Waals surface area contributed by atoms with Crippen LogP contribution in [-0.4, -0.2) is 14.5 Å². The highest BCUT2D eigenvalue weighted by Crippen LogP contribution is 2.42. The fourth-order valence-electron chi connectivity index (χ4n) is 4.26. The summed E-state index contributed by atoms with van der Waals surface area (Å²) in [6, 6.07) is 33.6. The highest BCUT2D eigenvalue weighted by atomic mass is 15.2. The average Bonchev–Trinajstić information content (AvgIpc) is 3.25. The van der Waals surface area contributed by atoms with Crippen molar-refractivity contribution < 1.29 is 0 Å². The van der Waals surface area contributed by atoms with Gasteiger partial charge in [0, 0.05) is 12.7 Å². The number of rotatable bonds is 5. The van der Waals surface area contributed by atoms with Crippen molar-refractivity contribution in [3.8, 4) is 0 Å². The summed E-state index contributed by atoms with van der Waals surface area (Å²) in [7, 11) is 0. The average molecular weight is 390 g/mol. The number of benzene rings is 3. The first-order chi connectivity index (χ1) is 14.8. The van der Waals surface area contributed by atoms with E-state index in [0.29, 0.717) is 6.54 Å².